The minimum absolute atomic E-state index is 0.0435. The number of aliphatic imine (C=N–C) groups is 1. The molecule has 1 saturated heterocycles. The molecule has 2 aliphatic heterocycles. The van der Waals surface area contributed by atoms with E-state index in [1.54, 1.807) is 7.11 Å². The highest BCUT2D eigenvalue weighted by Gasteiger charge is 2.43. The lowest BCUT2D eigenvalue weighted by atomic mass is 9.71. The van der Waals surface area contributed by atoms with E-state index in [1.165, 1.54) is 0 Å². The quantitative estimate of drug-likeness (QED) is 0.462. The van der Waals surface area contributed by atoms with Gasteiger partial charge in [0.25, 0.3) is 0 Å². The van der Waals surface area contributed by atoms with E-state index >= 15 is 0 Å². The van der Waals surface area contributed by atoms with Gasteiger partial charge in [-0.3, -0.25) is 14.6 Å². The van der Waals surface area contributed by atoms with E-state index in [2.05, 4.69) is 0 Å². The SMILES string of the molecule is COc1ccc([C@@H]2C3=C(CCCC3=O)N=C(C)C2C(=O)OC[C@@H]2CCCO2)cc1OCc1ccccc1. The molecule has 1 aliphatic carbocycles. The molecule has 0 spiro atoms. The van der Waals surface area contributed by atoms with Crippen molar-refractivity contribution >= 4 is 17.5 Å². The summed E-state index contributed by atoms with van der Waals surface area (Å²) >= 11 is 0. The van der Waals surface area contributed by atoms with Crippen LogP contribution in [0.2, 0.25) is 0 Å². The Hall–Kier alpha value is -3.45. The van der Waals surface area contributed by atoms with Gasteiger partial charge in [-0.1, -0.05) is 36.4 Å². The van der Waals surface area contributed by atoms with Crippen LogP contribution in [-0.4, -0.2) is 43.9 Å². The Labute approximate surface area is 217 Å². The average molecular weight is 504 g/mol. The van der Waals surface area contributed by atoms with Crippen LogP contribution in [0.15, 0.2) is 64.8 Å². The predicted octanol–water partition coefficient (Wildman–Crippen LogP) is 5.18. The zero-order valence-electron chi connectivity index (χ0n) is 21.4. The van der Waals surface area contributed by atoms with Crippen molar-refractivity contribution in [3.8, 4) is 11.5 Å². The number of allylic oxidation sites excluding steroid dienone is 2. The molecule has 3 aliphatic rings. The Kier molecular flexibility index (Phi) is 7.70. The molecule has 0 saturated carbocycles. The van der Waals surface area contributed by atoms with Crippen LogP contribution in [0.4, 0.5) is 0 Å². The zero-order valence-corrected chi connectivity index (χ0v) is 21.4. The maximum absolute atomic E-state index is 13.5. The minimum Gasteiger partial charge on any atom is -0.493 e. The van der Waals surface area contributed by atoms with Gasteiger partial charge in [0.05, 0.1) is 13.2 Å². The van der Waals surface area contributed by atoms with Crippen molar-refractivity contribution in [2.75, 3.05) is 20.3 Å². The maximum atomic E-state index is 13.5. The van der Waals surface area contributed by atoms with Gasteiger partial charge in [-0.25, -0.2) is 0 Å². The summed E-state index contributed by atoms with van der Waals surface area (Å²) in [7, 11) is 1.60. The van der Waals surface area contributed by atoms with Gasteiger partial charge >= 0.3 is 5.97 Å². The largest absolute Gasteiger partial charge is 0.493 e. The number of rotatable bonds is 8. The molecule has 0 N–H and O–H groups in total. The standard InChI is InChI=1S/C30H33NO6/c1-19-27(30(33)37-18-22-10-7-15-35-22)28(29-23(31-19)11-6-12-24(29)32)21-13-14-25(34-2)26(16-21)36-17-20-8-4-3-5-9-20/h3-5,8-9,13-14,16,22,27-28H,6-7,10-12,15,17-18H2,1-2H3/t22-,27?,28-/m0/s1. The van der Waals surface area contributed by atoms with Gasteiger partial charge in [0.2, 0.25) is 0 Å². The number of ether oxygens (including phenoxy) is 4. The number of ketones is 1. The summed E-state index contributed by atoms with van der Waals surface area (Å²) in [6.07, 6.45) is 3.71. The fourth-order valence-corrected chi connectivity index (χ4v) is 5.45. The molecule has 2 heterocycles. The van der Waals surface area contributed by atoms with E-state index in [0.717, 1.165) is 42.5 Å². The van der Waals surface area contributed by atoms with E-state index in [4.69, 9.17) is 23.9 Å². The van der Waals surface area contributed by atoms with Gasteiger partial charge in [-0.2, -0.15) is 0 Å². The van der Waals surface area contributed by atoms with Crippen LogP contribution >= 0.6 is 0 Å². The van der Waals surface area contributed by atoms with E-state index < -0.39 is 11.8 Å². The highest BCUT2D eigenvalue weighted by molar-refractivity contribution is 6.08. The lowest BCUT2D eigenvalue weighted by Gasteiger charge is -2.34. The van der Waals surface area contributed by atoms with Crippen LogP contribution in [0.1, 0.15) is 56.1 Å². The number of carbonyl (C=O) groups is 2. The molecule has 0 amide bonds. The number of hydrogen-bond donors (Lipinski definition) is 0. The lowest BCUT2D eigenvalue weighted by Crippen LogP contribution is -2.38. The normalized spacial score (nSPS) is 23.4. The molecule has 37 heavy (non-hydrogen) atoms. The van der Waals surface area contributed by atoms with E-state index in [9.17, 15) is 9.59 Å². The molecule has 0 bridgehead atoms. The summed E-state index contributed by atoms with van der Waals surface area (Å²) in [4.78, 5) is 31.5. The van der Waals surface area contributed by atoms with E-state index in [0.29, 0.717) is 42.4 Å². The molecule has 2 aromatic rings. The molecule has 0 aromatic heterocycles. The molecular formula is C30H33NO6. The second kappa shape index (κ2) is 11.3. The van der Waals surface area contributed by atoms with Crippen molar-refractivity contribution in [1.82, 2.24) is 0 Å². The van der Waals surface area contributed by atoms with E-state index in [1.807, 2.05) is 55.5 Å². The molecule has 7 heteroatoms. The summed E-state index contributed by atoms with van der Waals surface area (Å²) in [5.41, 5.74) is 3.90. The highest BCUT2D eigenvalue weighted by atomic mass is 16.6. The van der Waals surface area contributed by atoms with Crippen LogP contribution in [0, 0.1) is 5.92 Å². The predicted molar refractivity (Wildman–Crippen MR) is 139 cm³/mol. The summed E-state index contributed by atoms with van der Waals surface area (Å²) in [6, 6.07) is 15.5. The maximum Gasteiger partial charge on any atom is 0.315 e. The number of benzene rings is 2. The molecule has 1 fully saturated rings. The van der Waals surface area contributed by atoms with Crippen LogP contribution < -0.4 is 9.47 Å². The van der Waals surface area contributed by atoms with Crippen LogP contribution in [-0.2, 0) is 25.7 Å². The first-order chi connectivity index (χ1) is 18.0. The molecule has 194 valence electrons. The summed E-state index contributed by atoms with van der Waals surface area (Å²) < 4.78 is 23.1. The van der Waals surface area contributed by atoms with Gasteiger partial charge in [0.1, 0.15) is 19.1 Å². The third-order valence-corrected chi connectivity index (χ3v) is 7.31. The van der Waals surface area contributed by atoms with Gasteiger partial charge in [0, 0.05) is 35.9 Å². The summed E-state index contributed by atoms with van der Waals surface area (Å²) in [6.45, 7) is 3.12. The van der Waals surface area contributed by atoms with Gasteiger partial charge in [0.15, 0.2) is 17.3 Å². The van der Waals surface area contributed by atoms with Crippen molar-refractivity contribution in [2.45, 2.75) is 57.7 Å². The number of esters is 1. The Morgan fingerprint density at radius 1 is 1.08 bits per heavy atom. The average Bonchev–Trinajstić information content (AvgIpc) is 3.44. The molecule has 3 atom stereocenters. The number of carbonyl (C=O) groups excluding carboxylic acids is 2. The molecule has 1 unspecified atom stereocenters. The van der Waals surface area contributed by atoms with Crippen LogP contribution in [0.3, 0.4) is 0 Å². The Bertz CT molecular complexity index is 1210. The second-order valence-corrected chi connectivity index (χ2v) is 9.80. The lowest BCUT2D eigenvalue weighted by molar-refractivity contribution is -0.149. The fourth-order valence-electron chi connectivity index (χ4n) is 5.45. The first-order valence-electron chi connectivity index (χ1n) is 13.0. The fraction of sp³-hybridized carbons (Fsp3) is 0.433. The molecular weight excluding hydrogens is 470 g/mol. The van der Waals surface area contributed by atoms with Crippen LogP contribution in [0.5, 0.6) is 11.5 Å². The van der Waals surface area contributed by atoms with Gasteiger partial charge < -0.3 is 18.9 Å². The monoisotopic (exact) mass is 503 g/mol. The third-order valence-electron chi connectivity index (χ3n) is 7.31. The second-order valence-electron chi connectivity index (χ2n) is 9.80. The van der Waals surface area contributed by atoms with Crippen molar-refractivity contribution in [3.05, 3.63) is 70.9 Å². The molecule has 7 nitrogen and oxygen atoms in total. The Morgan fingerprint density at radius 2 is 1.92 bits per heavy atom. The third kappa shape index (κ3) is 5.47. The summed E-state index contributed by atoms with van der Waals surface area (Å²) in [5, 5.41) is 0. The Morgan fingerprint density at radius 3 is 2.68 bits per heavy atom. The van der Waals surface area contributed by atoms with Crippen molar-refractivity contribution in [3.63, 3.8) is 0 Å². The highest BCUT2D eigenvalue weighted by Crippen LogP contribution is 2.45. The molecule has 2 aromatic carbocycles. The Balaban J connectivity index is 1.48. The van der Waals surface area contributed by atoms with Crippen molar-refractivity contribution in [2.24, 2.45) is 10.9 Å². The van der Waals surface area contributed by atoms with Crippen molar-refractivity contribution < 1.29 is 28.5 Å². The number of nitrogens with zero attached hydrogens (tertiary/aromatic N) is 1. The first kappa shape index (κ1) is 25.2. The first-order valence-corrected chi connectivity index (χ1v) is 13.0. The minimum atomic E-state index is -0.697. The molecule has 5 rings (SSSR count). The zero-order chi connectivity index (χ0) is 25.8. The van der Waals surface area contributed by atoms with Gasteiger partial charge in [-0.15, -0.1) is 0 Å². The topological polar surface area (TPSA) is 83.4 Å². The van der Waals surface area contributed by atoms with Crippen molar-refractivity contribution in [1.29, 1.82) is 0 Å². The molecule has 0 radical (unpaired) electrons. The van der Waals surface area contributed by atoms with Gasteiger partial charge in [-0.05, 0) is 55.9 Å². The smallest absolute Gasteiger partial charge is 0.315 e. The number of Topliss-reactive ketones (excluding diaryl/α,β-unsaturated/α-hetero) is 1. The summed E-state index contributed by atoms with van der Waals surface area (Å²) in [5.74, 6) is -0.389. The van der Waals surface area contributed by atoms with Crippen LogP contribution in [0.25, 0.3) is 0 Å². The number of hydrogen-bond acceptors (Lipinski definition) is 7. The number of methoxy groups -OCH3 is 1. The van der Waals surface area contributed by atoms with E-state index in [-0.39, 0.29) is 24.5 Å².